The van der Waals surface area contributed by atoms with E-state index in [0.717, 1.165) is 49.9 Å². The Labute approximate surface area is 219 Å². The second kappa shape index (κ2) is 10.5. The molecule has 0 amide bonds. The molecule has 2 fully saturated rings. The van der Waals surface area contributed by atoms with Crippen LogP contribution < -0.4 is 11.1 Å². The lowest BCUT2D eigenvalue weighted by molar-refractivity contribution is -0.136. The highest BCUT2D eigenvalue weighted by Crippen LogP contribution is 2.44. The zero-order valence-electron chi connectivity index (χ0n) is 21.6. The van der Waals surface area contributed by atoms with Crippen LogP contribution >= 0.6 is 0 Å². The van der Waals surface area contributed by atoms with Gasteiger partial charge in [-0.1, -0.05) is 6.42 Å². The third-order valence-corrected chi connectivity index (χ3v) is 7.82. The molecule has 3 heterocycles. The smallest absolute Gasteiger partial charge is 0.368 e. The van der Waals surface area contributed by atoms with Crippen molar-refractivity contribution in [3.05, 3.63) is 46.4 Å². The number of aromatic amines is 1. The molecule has 5 rings (SSSR count). The van der Waals surface area contributed by atoms with Gasteiger partial charge >= 0.3 is 6.18 Å². The second-order valence-electron chi connectivity index (χ2n) is 10.5. The summed E-state index contributed by atoms with van der Waals surface area (Å²) in [5.41, 5.74) is 5.99. The van der Waals surface area contributed by atoms with E-state index in [4.69, 9.17) is 5.73 Å². The molecule has 204 valence electrons. The number of alkyl halides is 3. The normalized spacial score (nSPS) is 21.0. The van der Waals surface area contributed by atoms with E-state index >= 15 is 4.39 Å². The maximum Gasteiger partial charge on any atom is 0.422 e. The molecular formula is C27H33F4N7. The molecule has 0 spiro atoms. The van der Waals surface area contributed by atoms with Crippen LogP contribution in [0.3, 0.4) is 0 Å². The van der Waals surface area contributed by atoms with Crippen molar-refractivity contribution in [2.24, 2.45) is 0 Å². The number of hydrogen-bond donors (Lipinski definition) is 3. The van der Waals surface area contributed by atoms with Gasteiger partial charge in [0.25, 0.3) is 0 Å². The van der Waals surface area contributed by atoms with Crippen LogP contribution in [0.2, 0.25) is 0 Å². The fraction of sp³-hybridized carbons (Fsp3) is 0.519. The maximum atomic E-state index is 15.6. The zero-order valence-corrected chi connectivity index (χ0v) is 21.6. The predicted octanol–water partition coefficient (Wildman–Crippen LogP) is 6.48. The number of anilines is 3. The van der Waals surface area contributed by atoms with Crippen molar-refractivity contribution in [2.45, 2.75) is 76.9 Å². The van der Waals surface area contributed by atoms with Crippen molar-refractivity contribution < 1.29 is 17.6 Å². The van der Waals surface area contributed by atoms with E-state index in [1.165, 1.54) is 37.5 Å². The Balaban J connectivity index is 1.45. The lowest BCUT2D eigenvalue weighted by Gasteiger charge is -2.39. The first-order valence-electron chi connectivity index (χ1n) is 13.2. The third-order valence-electron chi connectivity index (χ3n) is 7.82. The van der Waals surface area contributed by atoms with Crippen LogP contribution in [0.25, 0.3) is 11.3 Å². The number of likely N-dealkylation sites (tertiary alicyclic amines) is 1. The zero-order chi connectivity index (χ0) is 27.0. The van der Waals surface area contributed by atoms with Gasteiger partial charge in [0, 0.05) is 23.4 Å². The number of nitrogens with two attached hydrogens (primary N) is 1. The Bertz CT molecular complexity index is 1290. The molecule has 0 radical (unpaired) electrons. The first-order valence-corrected chi connectivity index (χ1v) is 13.2. The number of halogens is 4. The van der Waals surface area contributed by atoms with Crippen molar-refractivity contribution in [1.82, 2.24) is 25.1 Å². The van der Waals surface area contributed by atoms with Gasteiger partial charge in [0.1, 0.15) is 17.2 Å². The third kappa shape index (κ3) is 5.48. The van der Waals surface area contributed by atoms with E-state index in [1.807, 2.05) is 6.92 Å². The number of nitrogens with one attached hydrogen (secondary N) is 2. The van der Waals surface area contributed by atoms with Crippen molar-refractivity contribution >= 4 is 17.6 Å². The van der Waals surface area contributed by atoms with Crippen molar-refractivity contribution in [1.29, 1.82) is 0 Å². The van der Waals surface area contributed by atoms with E-state index in [2.05, 4.69) is 30.4 Å². The lowest BCUT2D eigenvalue weighted by Crippen LogP contribution is -2.41. The van der Waals surface area contributed by atoms with Gasteiger partial charge in [0.15, 0.2) is 5.82 Å². The fourth-order valence-electron chi connectivity index (χ4n) is 5.99. The number of nitrogen functional groups attached to an aromatic ring is 1. The number of nitrogens with zero attached hydrogens (tertiary/aromatic N) is 4. The quantitative estimate of drug-likeness (QED) is 0.326. The molecular weight excluding hydrogens is 498 g/mol. The summed E-state index contributed by atoms with van der Waals surface area (Å²) in [6.07, 6.45) is 2.90. The molecule has 7 nitrogen and oxygen atoms in total. The number of H-pyrrole nitrogens is 1. The SMILES string of the molecule is Cc1cc(Nc2nc(N)nc(-c3cc(C)c([C@H]4CC[C@H](N5CCCCC5)CC4)cc3F)c2C(F)(F)F)n[nH]1. The van der Waals surface area contributed by atoms with Gasteiger partial charge in [-0.3, -0.25) is 5.10 Å². The average molecular weight is 532 g/mol. The highest BCUT2D eigenvalue weighted by Gasteiger charge is 2.40. The number of piperidine rings is 1. The summed E-state index contributed by atoms with van der Waals surface area (Å²) >= 11 is 0. The van der Waals surface area contributed by atoms with Crippen LogP contribution in [0, 0.1) is 19.7 Å². The molecule has 2 aliphatic rings. The summed E-state index contributed by atoms with van der Waals surface area (Å²) in [7, 11) is 0. The van der Waals surface area contributed by atoms with Crippen molar-refractivity contribution in [3.8, 4) is 11.3 Å². The number of hydrogen-bond acceptors (Lipinski definition) is 6. The summed E-state index contributed by atoms with van der Waals surface area (Å²) < 4.78 is 58.5. The average Bonchev–Trinajstić information content (AvgIpc) is 3.29. The van der Waals surface area contributed by atoms with E-state index in [1.54, 1.807) is 6.92 Å². The van der Waals surface area contributed by atoms with Gasteiger partial charge in [-0.15, -0.1) is 0 Å². The summed E-state index contributed by atoms with van der Waals surface area (Å²) in [4.78, 5) is 10.2. The minimum absolute atomic E-state index is 0.129. The molecule has 3 aromatic rings. The number of rotatable bonds is 5. The minimum atomic E-state index is -4.87. The topological polar surface area (TPSA) is 95.8 Å². The van der Waals surface area contributed by atoms with Gasteiger partial charge in [0.2, 0.25) is 5.95 Å². The Morgan fingerprint density at radius 3 is 2.34 bits per heavy atom. The van der Waals surface area contributed by atoms with Gasteiger partial charge < -0.3 is 16.0 Å². The predicted molar refractivity (Wildman–Crippen MR) is 139 cm³/mol. The van der Waals surface area contributed by atoms with Crippen LogP contribution in [-0.4, -0.2) is 44.2 Å². The Kier molecular flexibility index (Phi) is 7.30. The van der Waals surface area contributed by atoms with Crippen molar-refractivity contribution in [2.75, 3.05) is 24.1 Å². The van der Waals surface area contributed by atoms with E-state index in [9.17, 15) is 13.2 Å². The van der Waals surface area contributed by atoms with Crippen LogP contribution in [0.1, 0.15) is 73.2 Å². The molecule has 4 N–H and O–H groups in total. The van der Waals surface area contributed by atoms with Gasteiger partial charge in [0.05, 0.1) is 5.69 Å². The molecule has 0 atom stereocenters. The minimum Gasteiger partial charge on any atom is -0.368 e. The molecule has 1 saturated heterocycles. The number of aryl methyl sites for hydroxylation is 2. The van der Waals surface area contributed by atoms with Gasteiger partial charge in [-0.2, -0.15) is 23.3 Å². The van der Waals surface area contributed by atoms with E-state index in [-0.39, 0.29) is 17.3 Å². The summed E-state index contributed by atoms with van der Waals surface area (Å²) in [6, 6.07) is 4.94. The first kappa shape index (κ1) is 26.4. The summed E-state index contributed by atoms with van der Waals surface area (Å²) in [5, 5.41) is 9.13. The standard InChI is InChI=1S/C27H33F4N7/c1-15-12-20(21(28)14-19(15)17-6-8-18(9-7-17)38-10-4-3-5-11-38)24-23(27(29,30)31)25(35-26(32)34-24)33-22-13-16(2)36-37-22/h12-14,17-18H,3-11H2,1-2H3,(H4,32,33,34,35,36,37)/t17-,18-. The largest absolute Gasteiger partial charge is 0.422 e. The number of aromatic nitrogens is 4. The molecule has 38 heavy (non-hydrogen) atoms. The monoisotopic (exact) mass is 531 g/mol. The molecule has 0 unspecified atom stereocenters. The van der Waals surface area contributed by atoms with Crippen LogP contribution in [0.15, 0.2) is 18.2 Å². The fourth-order valence-corrected chi connectivity index (χ4v) is 5.99. The molecule has 1 aliphatic carbocycles. The van der Waals surface area contributed by atoms with E-state index in [0.29, 0.717) is 11.7 Å². The lowest BCUT2D eigenvalue weighted by atomic mass is 9.79. The van der Waals surface area contributed by atoms with Crippen LogP contribution in [0.5, 0.6) is 0 Å². The Morgan fingerprint density at radius 1 is 1.00 bits per heavy atom. The number of benzene rings is 1. The first-order chi connectivity index (χ1) is 18.1. The van der Waals surface area contributed by atoms with E-state index < -0.39 is 35.0 Å². The molecule has 1 saturated carbocycles. The van der Waals surface area contributed by atoms with Crippen LogP contribution in [0.4, 0.5) is 35.1 Å². The van der Waals surface area contributed by atoms with Crippen molar-refractivity contribution in [3.63, 3.8) is 0 Å². The Morgan fingerprint density at radius 2 is 1.71 bits per heavy atom. The molecule has 2 aromatic heterocycles. The van der Waals surface area contributed by atoms with Gasteiger partial charge in [-0.05, 0) is 94.6 Å². The Hall–Kier alpha value is -3.21. The maximum absolute atomic E-state index is 15.6. The highest BCUT2D eigenvalue weighted by molar-refractivity contribution is 5.74. The van der Waals surface area contributed by atoms with Crippen LogP contribution in [-0.2, 0) is 6.18 Å². The molecule has 0 bridgehead atoms. The second-order valence-corrected chi connectivity index (χ2v) is 10.5. The van der Waals surface area contributed by atoms with Gasteiger partial charge in [-0.25, -0.2) is 9.37 Å². The highest BCUT2D eigenvalue weighted by atomic mass is 19.4. The molecule has 1 aliphatic heterocycles. The molecule has 11 heteroatoms. The molecule has 1 aromatic carbocycles. The summed E-state index contributed by atoms with van der Waals surface area (Å²) in [5.74, 6) is -1.43. The summed E-state index contributed by atoms with van der Waals surface area (Å²) in [6.45, 7) is 5.83.